The molecule has 0 radical (unpaired) electrons. The third-order valence-corrected chi connectivity index (χ3v) is 4.46. The van der Waals surface area contributed by atoms with Crippen molar-refractivity contribution < 1.29 is 4.74 Å². The molecule has 0 saturated carbocycles. The second-order valence-electron chi connectivity index (χ2n) is 6.38. The molecule has 142 valence electrons. The highest BCUT2D eigenvalue weighted by Crippen LogP contribution is 2.27. The Morgan fingerprint density at radius 3 is 2.64 bits per heavy atom. The lowest BCUT2D eigenvalue weighted by Crippen LogP contribution is -2.04. The number of hydrogen-bond donors (Lipinski definition) is 1. The number of benzene rings is 2. The zero-order valence-electron chi connectivity index (χ0n) is 15.7. The molecule has 0 saturated heterocycles. The van der Waals surface area contributed by atoms with Gasteiger partial charge in [-0.25, -0.2) is 4.98 Å². The fourth-order valence-electron chi connectivity index (χ4n) is 2.97. The second kappa shape index (κ2) is 7.86. The first-order valence-electron chi connectivity index (χ1n) is 9.09. The minimum Gasteiger partial charge on any atom is -0.492 e. The van der Waals surface area contributed by atoms with Crippen molar-refractivity contribution in [1.29, 1.82) is 0 Å². The Morgan fingerprint density at radius 1 is 1.07 bits per heavy atom. The maximum absolute atomic E-state index is 5.97. The van der Waals surface area contributed by atoms with E-state index in [1.54, 1.807) is 4.52 Å². The van der Waals surface area contributed by atoms with E-state index in [1.165, 1.54) is 0 Å². The highest BCUT2D eigenvalue weighted by Gasteiger charge is 2.12. The molecule has 0 aliphatic heterocycles. The van der Waals surface area contributed by atoms with Crippen LogP contribution in [0, 0.1) is 6.92 Å². The summed E-state index contributed by atoms with van der Waals surface area (Å²) in [6, 6.07) is 17.4. The number of nitrogens with zero attached hydrogens (tertiary/aromatic N) is 4. The molecule has 7 heteroatoms. The average molecular weight is 394 g/mol. The number of anilines is 2. The third-order valence-electron chi connectivity index (χ3n) is 4.21. The summed E-state index contributed by atoms with van der Waals surface area (Å²) in [6.07, 6.45) is 0.606. The van der Waals surface area contributed by atoms with Crippen LogP contribution in [-0.2, 0) is 6.42 Å². The van der Waals surface area contributed by atoms with Crippen LogP contribution in [0.3, 0.4) is 0 Å². The minimum atomic E-state index is 0.556. The van der Waals surface area contributed by atoms with E-state index in [9.17, 15) is 0 Å². The van der Waals surface area contributed by atoms with Crippen molar-refractivity contribution in [2.75, 3.05) is 11.9 Å². The number of ether oxygens (including phenoxy) is 1. The maximum atomic E-state index is 5.97. The van der Waals surface area contributed by atoms with Gasteiger partial charge in [-0.3, -0.25) is 0 Å². The Hall–Kier alpha value is -3.12. The molecular formula is C21H20ClN5O. The predicted octanol–water partition coefficient (Wildman–Crippen LogP) is 4.82. The molecule has 0 spiro atoms. The Morgan fingerprint density at radius 2 is 1.86 bits per heavy atom. The van der Waals surface area contributed by atoms with Crippen LogP contribution >= 0.6 is 11.6 Å². The first kappa shape index (κ1) is 18.3. The van der Waals surface area contributed by atoms with Crippen molar-refractivity contribution >= 4 is 28.9 Å². The molecule has 0 amide bonds. The zero-order valence-corrected chi connectivity index (χ0v) is 16.4. The summed E-state index contributed by atoms with van der Waals surface area (Å²) >= 11 is 5.97. The van der Waals surface area contributed by atoms with Gasteiger partial charge < -0.3 is 10.1 Å². The first-order chi connectivity index (χ1) is 13.6. The topological polar surface area (TPSA) is 64.3 Å². The van der Waals surface area contributed by atoms with Crippen molar-refractivity contribution in [2.24, 2.45) is 0 Å². The normalized spacial score (nSPS) is 11.0. The minimum absolute atomic E-state index is 0.556. The molecule has 2 aromatic carbocycles. The van der Waals surface area contributed by atoms with Crippen molar-refractivity contribution in [3.63, 3.8) is 0 Å². The lowest BCUT2D eigenvalue weighted by atomic mass is 10.1. The molecule has 0 fully saturated rings. The van der Waals surface area contributed by atoms with Gasteiger partial charge >= 0.3 is 0 Å². The molecular weight excluding hydrogens is 374 g/mol. The third kappa shape index (κ3) is 3.92. The molecule has 4 rings (SSSR count). The molecule has 0 atom stereocenters. The molecule has 2 heterocycles. The summed E-state index contributed by atoms with van der Waals surface area (Å²) < 4.78 is 7.43. The summed E-state index contributed by atoms with van der Waals surface area (Å²) in [4.78, 5) is 9.10. The number of nitrogens with one attached hydrogen (secondary N) is 1. The summed E-state index contributed by atoms with van der Waals surface area (Å²) in [6.45, 7) is 4.50. The van der Waals surface area contributed by atoms with Crippen LogP contribution < -0.4 is 10.1 Å². The van der Waals surface area contributed by atoms with E-state index >= 15 is 0 Å². The van der Waals surface area contributed by atoms with Crippen molar-refractivity contribution in [2.45, 2.75) is 20.3 Å². The van der Waals surface area contributed by atoms with Crippen molar-refractivity contribution in [3.05, 3.63) is 76.7 Å². The number of aryl methyl sites for hydroxylation is 1. The molecule has 4 aromatic rings. The van der Waals surface area contributed by atoms with E-state index < -0.39 is 0 Å². The number of aromatic nitrogens is 4. The van der Waals surface area contributed by atoms with Crippen LogP contribution in [0.15, 0.2) is 54.6 Å². The molecule has 1 N–H and O–H groups in total. The van der Waals surface area contributed by atoms with Gasteiger partial charge in [-0.15, -0.1) is 5.10 Å². The van der Waals surface area contributed by atoms with E-state index in [0.29, 0.717) is 29.7 Å². The lowest BCUT2D eigenvalue weighted by molar-refractivity contribution is 0.342. The molecule has 28 heavy (non-hydrogen) atoms. The quantitative estimate of drug-likeness (QED) is 0.508. The van der Waals surface area contributed by atoms with Gasteiger partial charge in [0.2, 0.25) is 0 Å². The van der Waals surface area contributed by atoms with Gasteiger partial charge in [-0.05, 0) is 43.7 Å². The van der Waals surface area contributed by atoms with Gasteiger partial charge in [0.25, 0.3) is 5.78 Å². The van der Waals surface area contributed by atoms with Gasteiger partial charge in [0, 0.05) is 23.2 Å². The van der Waals surface area contributed by atoms with Gasteiger partial charge in [0.15, 0.2) is 5.82 Å². The fourth-order valence-corrected chi connectivity index (χ4v) is 3.09. The molecule has 0 unspecified atom stereocenters. The number of fused-ring (bicyclic) bond motifs is 1. The molecule has 0 bridgehead atoms. The smallest absolute Gasteiger partial charge is 0.254 e. The SMILES string of the molecule is CCOc1ccccc1Nc1cc(C)nc2nc(Cc3ccc(Cl)cc3)nn12. The first-order valence-corrected chi connectivity index (χ1v) is 9.47. The van der Waals surface area contributed by atoms with Crippen LogP contribution in [0.25, 0.3) is 5.78 Å². The van der Waals surface area contributed by atoms with E-state index in [2.05, 4.69) is 20.4 Å². The van der Waals surface area contributed by atoms with Gasteiger partial charge in [-0.2, -0.15) is 9.50 Å². The summed E-state index contributed by atoms with van der Waals surface area (Å²) in [7, 11) is 0. The number of halogens is 1. The standard InChI is InChI=1S/C21H20ClN5O/c1-3-28-18-7-5-4-6-17(18)24-20-12-14(2)23-21-25-19(26-27(20)21)13-15-8-10-16(22)11-9-15/h4-12,24H,3,13H2,1-2H3. The maximum Gasteiger partial charge on any atom is 0.254 e. The van der Waals surface area contributed by atoms with Gasteiger partial charge in [0.05, 0.1) is 12.3 Å². The van der Waals surface area contributed by atoms with Crippen LogP contribution in [-0.4, -0.2) is 26.2 Å². The highest BCUT2D eigenvalue weighted by molar-refractivity contribution is 6.30. The Kier molecular flexibility index (Phi) is 5.12. The number of rotatable bonds is 6. The summed E-state index contributed by atoms with van der Waals surface area (Å²) in [5, 5.41) is 8.77. The van der Waals surface area contributed by atoms with Crippen LogP contribution in [0.2, 0.25) is 5.02 Å². The van der Waals surface area contributed by atoms with Crippen LogP contribution in [0.5, 0.6) is 5.75 Å². The zero-order chi connectivity index (χ0) is 19.5. The van der Waals surface area contributed by atoms with E-state index in [4.69, 9.17) is 16.3 Å². The van der Waals surface area contributed by atoms with Crippen molar-refractivity contribution in [1.82, 2.24) is 19.6 Å². The van der Waals surface area contributed by atoms with Gasteiger partial charge in [-0.1, -0.05) is 35.9 Å². The highest BCUT2D eigenvalue weighted by atomic mass is 35.5. The van der Waals surface area contributed by atoms with Crippen molar-refractivity contribution in [3.8, 4) is 5.75 Å². The predicted molar refractivity (Wildman–Crippen MR) is 111 cm³/mol. The van der Waals surface area contributed by atoms with E-state index in [-0.39, 0.29) is 0 Å². The average Bonchev–Trinajstić information content (AvgIpc) is 3.08. The largest absolute Gasteiger partial charge is 0.492 e. The Bertz CT molecular complexity index is 1110. The monoisotopic (exact) mass is 393 g/mol. The fraction of sp³-hybridized carbons (Fsp3) is 0.190. The molecule has 0 aliphatic rings. The van der Waals surface area contributed by atoms with Crippen LogP contribution in [0.4, 0.5) is 11.5 Å². The lowest BCUT2D eigenvalue weighted by Gasteiger charge is -2.13. The Balaban J connectivity index is 1.69. The summed E-state index contributed by atoms with van der Waals surface area (Å²) in [5.41, 5.74) is 2.81. The van der Waals surface area contributed by atoms with Crippen LogP contribution in [0.1, 0.15) is 24.0 Å². The number of para-hydroxylation sites is 2. The molecule has 6 nitrogen and oxygen atoms in total. The molecule has 0 aliphatic carbocycles. The van der Waals surface area contributed by atoms with E-state index in [0.717, 1.165) is 28.5 Å². The second-order valence-corrected chi connectivity index (χ2v) is 6.82. The number of hydrogen-bond acceptors (Lipinski definition) is 5. The van der Waals surface area contributed by atoms with Gasteiger partial charge in [0.1, 0.15) is 11.6 Å². The summed E-state index contributed by atoms with van der Waals surface area (Å²) in [5.74, 6) is 2.82. The van der Waals surface area contributed by atoms with E-state index in [1.807, 2.05) is 68.4 Å². The Labute approximate surface area is 168 Å². The molecule has 2 aromatic heterocycles.